The van der Waals surface area contributed by atoms with Crippen molar-refractivity contribution in [2.75, 3.05) is 0 Å². The second-order valence-corrected chi connectivity index (χ2v) is 2.28. The van der Waals surface area contributed by atoms with Crippen LogP contribution in [0.4, 0.5) is 4.39 Å². The largest absolute Gasteiger partial charge is 0.207 e. The molecule has 0 unspecified atom stereocenters. The molecule has 1 aromatic rings. The summed E-state index contributed by atoms with van der Waals surface area (Å²) in [5, 5.41) is 0.524. The van der Waals surface area contributed by atoms with Crippen LogP contribution in [0.3, 0.4) is 0 Å². The Kier molecular flexibility index (Phi) is 2.07. The van der Waals surface area contributed by atoms with Crippen LogP contribution in [0.5, 0.6) is 0 Å². The van der Waals surface area contributed by atoms with Gasteiger partial charge >= 0.3 is 0 Å². The van der Waals surface area contributed by atoms with Crippen molar-refractivity contribution in [1.82, 2.24) is 0 Å². The summed E-state index contributed by atoms with van der Waals surface area (Å²) < 4.78 is 12.4. The predicted molar refractivity (Wildman–Crippen MR) is 41.5 cm³/mol. The normalized spacial score (nSPS) is 9.40. The van der Waals surface area contributed by atoms with Crippen LogP contribution in [0.25, 0.3) is 6.08 Å². The van der Waals surface area contributed by atoms with Gasteiger partial charge in [-0.15, -0.1) is 0 Å². The molecule has 52 valence electrons. The fourth-order valence-corrected chi connectivity index (χ4v) is 0.866. The van der Waals surface area contributed by atoms with Gasteiger partial charge in [0.1, 0.15) is 5.82 Å². The molecule has 0 aromatic heterocycles. The molecular formula is C8H6ClF. The second-order valence-electron chi connectivity index (χ2n) is 1.87. The number of halogens is 2. The van der Waals surface area contributed by atoms with E-state index in [-0.39, 0.29) is 5.82 Å². The van der Waals surface area contributed by atoms with Gasteiger partial charge in [-0.2, -0.15) is 0 Å². The zero-order chi connectivity index (χ0) is 7.56. The van der Waals surface area contributed by atoms with Crippen LogP contribution in [0, 0.1) is 5.82 Å². The van der Waals surface area contributed by atoms with Crippen LogP contribution in [0.15, 0.2) is 24.8 Å². The van der Waals surface area contributed by atoms with Crippen LogP contribution in [-0.2, 0) is 0 Å². The van der Waals surface area contributed by atoms with E-state index in [0.29, 0.717) is 10.6 Å². The lowest BCUT2D eigenvalue weighted by Gasteiger charge is -1.95. The molecule has 0 aliphatic rings. The topological polar surface area (TPSA) is 0 Å². The number of hydrogen-bond donors (Lipinski definition) is 0. The highest BCUT2D eigenvalue weighted by Crippen LogP contribution is 2.17. The number of rotatable bonds is 1. The van der Waals surface area contributed by atoms with Crippen molar-refractivity contribution in [2.45, 2.75) is 0 Å². The second kappa shape index (κ2) is 2.84. The van der Waals surface area contributed by atoms with Crippen molar-refractivity contribution in [1.29, 1.82) is 0 Å². The maximum atomic E-state index is 12.4. The molecule has 0 bridgehead atoms. The summed E-state index contributed by atoms with van der Waals surface area (Å²) in [7, 11) is 0. The molecule has 0 amide bonds. The summed E-state index contributed by atoms with van der Waals surface area (Å²) in [5.74, 6) is -0.292. The highest BCUT2D eigenvalue weighted by molar-refractivity contribution is 6.32. The molecule has 0 radical (unpaired) electrons. The number of hydrogen-bond acceptors (Lipinski definition) is 0. The fourth-order valence-electron chi connectivity index (χ4n) is 0.671. The maximum absolute atomic E-state index is 12.4. The van der Waals surface area contributed by atoms with Crippen molar-refractivity contribution >= 4 is 17.7 Å². The minimum atomic E-state index is -0.292. The smallest absolute Gasteiger partial charge is 0.123 e. The van der Waals surface area contributed by atoms with Gasteiger partial charge in [0.15, 0.2) is 0 Å². The molecule has 10 heavy (non-hydrogen) atoms. The first-order chi connectivity index (χ1) is 4.74. The molecular weight excluding hydrogens is 151 g/mol. The summed E-state index contributed by atoms with van der Waals surface area (Å²) in [6.45, 7) is 3.48. The van der Waals surface area contributed by atoms with Crippen molar-refractivity contribution in [3.05, 3.63) is 41.2 Å². The van der Waals surface area contributed by atoms with E-state index in [1.54, 1.807) is 0 Å². The molecule has 1 aromatic carbocycles. The van der Waals surface area contributed by atoms with Gasteiger partial charge in [-0.05, 0) is 23.8 Å². The Bertz CT molecular complexity index is 255. The minimum Gasteiger partial charge on any atom is -0.207 e. The average Bonchev–Trinajstić information content (AvgIpc) is 1.94. The van der Waals surface area contributed by atoms with Crippen LogP contribution < -0.4 is 0 Å². The standard InChI is InChI=1S/C8H6ClF/c1-2-6-5-7(10)3-4-8(6)9/h2-5H,1H2. The molecule has 1 rings (SSSR count). The van der Waals surface area contributed by atoms with Crippen molar-refractivity contribution in [2.24, 2.45) is 0 Å². The van der Waals surface area contributed by atoms with E-state index in [1.807, 2.05) is 0 Å². The van der Waals surface area contributed by atoms with Crippen LogP contribution >= 0.6 is 11.6 Å². The lowest BCUT2D eigenvalue weighted by Crippen LogP contribution is -1.77. The molecule has 0 atom stereocenters. The minimum absolute atomic E-state index is 0.292. The molecule has 2 heteroatoms. The maximum Gasteiger partial charge on any atom is 0.123 e. The summed E-state index contributed by atoms with van der Waals surface area (Å²) in [4.78, 5) is 0. The summed E-state index contributed by atoms with van der Waals surface area (Å²) in [5.41, 5.74) is 0.627. The lowest BCUT2D eigenvalue weighted by molar-refractivity contribution is 0.627. The van der Waals surface area contributed by atoms with Gasteiger partial charge in [-0.3, -0.25) is 0 Å². The lowest BCUT2D eigenvalue weighted by atomic mass is 10.2. The van der Waals surface area contributed by atoms with E-state index in [2.05, 4.69) is 6.58 Å². The van der Waals surface area contributed by atoms with Crippen molar-refractivity contribution in [3.63, 3.8) is 0 Å². The van der Waals surface area contributed by atoms with Gasteiger partial charge in [-0.1, -0.05) is 24.3 Å². The highest BCUT2D eigenvalue weighted by Gasteiger charge is 1.95. The molecule has 0 nitrogen and oxygen atoms in total. The molecule has 0 fully saturated rings. The molecule has 0 aliphatic heterocycles. The Balaban J connectivity index is 3.21. The Hall–Kier alpha value is -0.820. The molecule has 0 N–H and O–H groups in total. The van der Waals surface area contributed by atoms with Crippen molar-refractivity contribution < 1.29 is 4.39 Å². The molecule has 0 spiro atoms. The van der Waals surface area contributed by atoms with Crippen molar-refractivity contribution in [3.8, 4) is 0 Å². The summed E-state index contributed by atoms with van der Waals surface area (Å²) >= 11 is 5.66. The first-order valence-corrected chi connectivity index (χ1v) is 3.19. The van der Waals surface area contributed by atoms with Crippen LogP contribution in [0.2, 0.25) is 5.02 Å². The molecule has 0 heterocycles. The molecule has 0 saturated heterocycles. The van der Waals surface area contributed by atoms with E-state index >= 15 is 0 Å². The first kappa shape index (κ1) is 7.29. The Morgan fingerprint density at radius 1 is 1.50 bits per heavy atom. The van der Waals surface area contributed by atoms with E-state index < -0.39 is 0 Å². The Labute approximate surface area is 63.9 Å². The quantitative estimate of drug-likeness (QED) is 0.586. The van der Waals surface area contributed by atoms with Gasteiger partial charge in [0.2, 0.25) is 0 Å². The summed E-state index contributed by atoms with van der Waals surface area (Å²) in [6, 6.07) is 4.17. The third kappa shape index (κ3) is 1.36. The van der Waals surface area contributed by atoms with Gasteiger partial charge < -0.3 is 0 Å². The zero-order valence-corrected chi connectivity index (χ0v) is 6.03. The van der Waals surface area contributed by atoms with Gasteiger partial charge in [-0.25, -0.2) is 4.39 Å². The summed E-state index contributed by atoms with van der Waals surface area (Å²) in [6.07, 6.45) is 1.52. The van der Waals surface area contributed by atoms with Gasteiger partial charge in [0.25, 0.3) is 0 Å². The highest BCUT2D eigenvalue weighted by atomic mass is 35.5. The van der Waals surface area contributed by atoms with E-state index in [4.69, 9.17) is 11.6 Å². The monoisotopic (exact) mass is 156 g/mol. The Morgan fingerprint density at radius 2 is 2.20 bits per heavy atom. The van der Waals surface area contributed by atoms with Crippen LogP contribution in [0.1, 0.15) is 5.56 Å². The fraction of sp³-hybridized carbons (Fsp3) is 0. The van der Waals surface area contributed by atoms with Crippen LogP contribution in [-0.4, -0.2) is 0 Å². The zero-order valence-electron chi connectivity index (χ0n) is 5.27. The Morgan fingerprint density at radius 3 is 2.70 bits per heavy atom. The molecule has 0 saturated carbocycles. The van der Waals surface area contributed by atoms with E-state index in [1.165, 1.54) is 24.3 Å². The number of benzene rings is 1. The predicted octanol–water partition coefficient (Wildman–Crippen LogP) is 3.12. The van der Waals surface area contributed by atoms with E-state index in [0.717, 1.165) is 0 Å². The average molecular weight is 157 g/mol. The molecule has 0 aliphatic carbocycles. The van der Waals surface area contributed by atoms with Gasteiger partial charge in [0.05, 0.1) is 0 Å². The first-order valence-electron chi connectivity index (χ1n) is 2.81. The van der Waals surface area contributed by atoms with E-state index in [9.17, 15) is 4.39 Å². The third-order valence-electron chi connectivity index (χ3n) is 1.18. The third-order valence-corrected chi connectivity index (χ3v) is 1.52. The van der Waals surface area contributed by atoms with Gasteiger partial charge in [0, 0.05) is 5.02 Å². The SMILES string of the molecule is C=Cc1cc(F)ccc1Cl.